The number of carboxylic acids is 1. The van der Waals surface area contributed by atoms with E-state index >= 15 is 0 Å². The van der Waals surface area contributed by atoms with Crippen molar-refractivity contribution in [1.29, 1.82) is 0 Å². The first-order valence-corrected chi connectivity index (χ1v) is 8.35. The highest BCUT2D eigenvalue weighted by Gasteiger charge is 2.19. The molecule has 1 aromatic carbocycles. The van der Waals surface area contributed by atoms with E-state index in [0.717, 1.165) is 18.6 Å². The lowest BCUT2D eigenvalue weighted by molar-refractivity contribution is -0.139. The molecule has 0 saturated heterocycles. The predicted molar refractivity (Wildman–Crippen MR) is 89.9 cm³/mol. The monoisotopic (exact) mass is 321 g/mol. The van der Waals surface area contributed by atoms with E-state index in [0.29, 0.717) is 25.0 Å². The number of unbranched alkanes of at least 4 members (excludes halogenated alkanes) is 3. The molecule has 0 fully saturated rings. The molecular formula is C18H27NO4. The number of nitrogens with one attached hydrogen (secondary N) is 1. The Labute approximate surface area is 138 Å². The zero-order valence-corrected chi connectivity index (χ0v) is 14.0. The summed E-state index contributed by atoms with van der Waals surface area (Å²) in [6.45, 7) is 4.72. The number of aliphatic carboxylic acids is 1. The van der Waals surface area contributed by atoms with Crippen LogP contribution in [0.4, 0.5) is 0 Å². The molecule has 128 valence electrons. The van der Waals surface area contributed by atoms with Gasteiger partial charge in [-0.1, -0.05) is 39.5 Å². The number of carbonyl (C=O) groups excluding carboxylic acids is 1. The van der Waals surface area contributed by atoms with Gasteiger partial charge in [-0.25, -0.2) is 4.79 Å². The number of amides is 1. The summed E-state index contributed by atoms with van der Waals surface area (Å²) in [5, 5.41) is 11.6. The van der Waals surface area contributed by atoms with Crippen molar-refractivity contribution in [3.8, 4) is 5.75 Å². The predicted octanol–water partition coefficient (Wildman–Crippen LogP) is 3.63. The first-order valence-electron chi connectivity index (χ1n) is 8.35. The van der Waals surface area contributed by atoms with Gasteiger partial charge in [0.1, 0.15) is 11.8 Å². The molecule has 0 spiro atoms. The zero-order chi connectivity index (χ0) is 17.1. The molecule has 5 nitrogen and oxygen atoms in total. The van der Waals surface area contributed by atoms with Gasteiger partial charge in [0.25, 0.3) is 5.91 Å². The maximum absolute atomic E-state index is 12.1. The fourth-order valence-corrected chi connectivity index (χ4v) is 2.21. The van der Waals surface area contributed by atoms with Gasteiger partial charge >= 0.3 is 5.97 Å². The summed E-state index contributed by atoms with van der Waals surface area (Å²) in [4.78, 5) is 23.1. The van der Waals surface area contributed by atoms with Crippen LogP contribution in [0.25, 0.3) is 0 Å². The Bertz CT molecular complexity index is 484. The van der Waals surface area contributed by atoms with Gasteiger partial charge in [-0.2, -0.15) is 0 Å². The smallest absolute Gasteiger partial charge is 0.326 e. The van der Waals surface area contributed by atoms with Gasteiger partial charge < -0.3 is 15.2 Å². The number of carboxylic acid groups (broad SMARTS) is 1. The van der Waals surface area contributed by atoms with Crippen LogP contribution in [0.3, 0.4) is 0 Å². The first kappa shape index (κ1) is 19.0. The SMILES string of the molecule is CCCCCCOc1ccc(C(=O)N[C@@H](CCC)C(=O)O)cc1. The van der Waals surface area contributed by atoms with Crippen molar-refractivity contribution < 1.29 is 19.4 Å². The number of carbonyl (C=O) groups is 2. The summed E-state index contributed by atoms with van der Waals surface area (Å²) in [6.07, 6.45) is 5.70. The Balaban J connectivity index is 2.48. The van der Waals surface area contributed by atoms with E-state index in [2.05, 4.69) is 12.2 Å². The van der Waals surface area contributed by atoms with E-state index in [9.17, 15) is 9.59 Å². The highest BCUT2D eigenvalue weighted by atomic mass is 16.5. The van der Waals surface area contributed by atoms with E-state index in [1.807, 2.05) is 6.92 Å². The lowest BCUT2D eigenvalue weighted by Gasteiger charge is -2.13. The summed E-state index contributed by atoms with van der Waals surface area (Å²) >= 11 is 0. The molecule has 1 amide bonds. The van der Waals surface area contributed by atoms with Gasteiger partial charge in [-0.3, -0.25) is 4.79 Å². The maximum atomic E-state index is 12.1. The average molecular weight is 321 g/mol. The molecule has 0 aliphatic rings. The Morgan fingerprint density at radius 2 is 1.78 bits per heavy atom. The lowest BCUT2D eigenvalue weighted by Crippen LogP contribution is -2.40. The van der Waals surface area contributed by atoms with Crippen molar-refractivity contribution in [2.75, 3.05) is 6.61 Å². The van der Waals surface area contributed by atoms with Crippen molar-refractivity contribution in [3.63, 3.8) is 0 Å². The first-order chi connectivity index (χ1) is 11.1. The molecule has 0 heterocycles. The normalized spacial score (nSPS) is 11.7. The minimum atomic E-state index is -1.01. The van der Waals surface area contributed by atoms with Gasteiger partial charge in [0.2, 0.25) is 0 Å². The topological polar surface area (TPSA) is 75.6 Å². The fraction of sp³-hybridized carbons (Fsp3) is 0.556. The van der Waals surface area contributed by atoms with Crippen LogP contribution >= 0.6 is 0 Å². The van der Waals surface area contributed by atoms with Crippen LogP contribution in [-0.2, 0) is 4.79 Å². The standard InChI is InChI=1S/C18H27NO4/c1-3-5-6-7-13-23-15-11-9-14(10-12-15)17(20)19-16(8-4-2)18(21)22/h9-12,16H,3-8,13H2,1-2H3,(H,19,20)(H,21,22)/t16-/m0/s1. The van der Waals surface area contributed by atoms with Gasteiger partial charge in [0.15, 0.2) is 0 Å². The van der Waals surface area contributed by atoms with E-state index in [1.54, 1.807) is 24.3 Å². The fourth-order valence-electron chi connectivity index (χ4n) is 2.21. The van der Waals surface area contributed by atoms with Gasteiger partial charge in [0, 0.05) is 5.56 Å². The van der Waals surface area contributed by atoms with E-state index in [-0.39, 0.29) is 5.91 Å². The van der Waals surface area contributed by atoms with Gasteiger partial charge in [-0.15, -0.1) is 0 Å². The molecule has 1 aromatic rings. The maximum Gasteiger partial charge on any atom is 0.326 e. The molecule has 0 saturated carbocycles. The summed E-state index contributed by atoms with van der Waals surface area (Å²) < 4.78 is 5.62. The molecule has 0 unspecified atom stereocenters. The third-order valence-corrected chi connectivity index (χ3v) is 3.56. The highest BCUT2D eigenvalue weighted by molar-refractivity contribution is 5.96. The molecule has 5 heteroatoms. The van der Waals surface area contributed by atoms with Crippen molar-refractivity contribution >= 4 is 11.9 Å². The van der Waals surface area contributed by atoms with Crippen molar-refractivity contribution in [2.24, 2.45) is 0 Å². The second-order valence-corrected chi connectivity index (χ2v) is 5.59. The Morgan fingerprint density at radius 1 is 1.09 bits per heavy atom. The molecule has 1 rings (SSSR count). The van der Waals surface area contributed by atoms with Crippen molar-refractivity contribution in [3.05, 3.63) is 29.8 Å². The minimum Gasteiger partial charge on any atom is -0.494 e. The van der Waals surface area contributed by atoms with Crippen LogP contribution in [0.15, 0.2) is 24.3 Å². The summed E-state index contributed by atoms with van der Waals surface area (Å²) in [6, 6.07) is 5.94. The van der Waals surface area contributed by atoms with Gasteiger partial charge in [-0.05, 0) is 37.1 Å². The molecule has 23 heavy (non-hydrogen) atoms. The molecule has 2 N–H and O–H groups in total. The second kappa shape index (κ2) is 10.6. The van der Waals surface area contributed by atoms with E-state index < -0.39 is 12.0 Å². The molecule has 0 bridgehead atoms. The summed E-state index contributed by atoms with van der Waals surface area (Å²) in [7, 11) is 0. The molecule has 0 aromatic heterocycles. The Hall–Kier alpha value is -2.04. The quantitative estimate of drug-likeness (QED) is 0.610. The van der Waals surface area contributed by atoms with Crippen LogP contribution in [0.5, 0.6) is 5.75 Å². The largest absolute Gasteiger partial charge is 0.494 e. The third kappa shape index (κ3) is 7.17. The lowest BCUT2D eigenvalue weighted by atomic mass is 10.1. The minimum absolute atomic E-state index is 0.375. The molecule has 0 aliphatic carbocycles. The number of benzene rings is 1. The van der Waals surface area contributed by atoms with Crippen LogP contribution in [0.1, 0.15) is 62.7 Å². The Kier molecular flexibility index (Phi) is 8.80. The molecule has 1 atom stereocenters. The summed E-state index contributed by atoms with van der Waals surface area (Å²) in [5.74, 6) is -0.658. The zero-order valence-electron chi connectivity index (χ0n) is 14.0. The van der Waals surface area contributed by atoms with Crippen molar-refractivity contribution in [1.82, 2.24) is 5.32 Å². The van der Waals surface area contributed by atoms with Crippen LogP contribution in [-0.4, -0.2) is 29.6 Å². The Morgan fingerprint density at radius 3 is 2.35 bits per heavy atom. The average Bonchev–Trinajstić information content (AvgIpc) is 2.54. The number of hydrogen-bond donors (Lipinski definition) is 2. The van der Waals surface area contributed by atoms with E-state index in [1.165, 1.54) is 12.8 Å². The molecule has 0 aliphatic heterocycles. The number of ether oxygens (including phenoxy) is 1. The number of hydrogen-bond acceptors (Lipinski definition) is 3. The molecular weight excluding hydrogens is 294 g/mol. The second-order valence-electron chi connectivity index (χ2n) is 5.59. The van der Waals surface area contributed by atoms with Crippen molar-refractivity contribution in [2.45, 2.75) is 58.4 Å². The van der Waals surface area contributed by atoms with Gasteiger partial charge in [0.05, 0.1) is 6.61 Å². The highest BCUT2D eigenvalue weighted by Crippen LogP contribution is 2.13. The molecule has 0 radical (unpaired) electrons. The van der Waals surface area contributed by atoms with Crippen LogP contribution < -0.4 is 10.1 Å². The number of rotatable bonds is 11. The van der Waals surface area contributed by atoms with Crippen LogP contribution in [0, 0.1) is 0 Å². The summed E-state index contributed by atoms with van der Waals surface area (Å²) in [5.41, 5.74) is 0.436. The van der Waals surface area contributed by atoms with Crippen LogP contribution in [0.2, 0.25) is 0 Å². The van der Waals surface area contributed by atoms with E-state index in [4.69, 9.17) is 9.84 Å². The third-order valence-electron chi connectivity index (χ3n) is 3.56.